The topological polar surface area (TPSA) is 97.4 Å². The first-order chi connectivity index (χ1) is 8.92. The standard InChI is InChI=1S/C11H16O8/c1-6(12)17-9-4-8(5-16-11(14)15-3)19-10(9)18-7(2)13/h8-10H,4-5H2,1-3H3/t8-,9?,10-/m0/s1. The molecule has 1 fully saturated rings. The number of carbonyl (C=O) groups excluding carboxylic acids is 3. The van der Waals surface area contributed by atoms with Crippen molar-refractivity contribution in [3.8, 4) is 0 Å². The summed E-state index contributed by atoms with van der Waals surface area (Å²) in [6, 6.07) is 0. The van der Waals surface area contributed by atoms with E-state index in [0.717, 1.165) is 0 Å². The molecule has 0 aliphatic carbocycles. The Morgan fingerprint density at radius 1 is 1.16 bits per heavy atom. The number of esters is 2. The van der Waals surface area contributed by atoms with Gasteiger partial charge in [0, 0.05) is 20.3 Å². The SMILES string of the molecule is COC(=O)OC[C@@H]1CC(OC(C)=O)[C@@H](OC(C)=O)O1. The van der Waals surface area contributed by atoms with Crippen LogP contribution in [0.4, 0.5) is 4.79 Å². The van der Waals surface area contributed by atoms with Gasteiger partial charge in [-0.3, -0.25) is 9.59 Å². The fraction of sp³-hybridized carbons (Fsp3) is 0.727. The van der Waals surface area contributed by atoms with Crippen molar-refractivity contribution < 1.29 is 38.1 Å². The molecule has 0 aromatic rings. The van der Waals surface area contributed by atoms with Gasteiger partial charge >= 0.3 is 18.1 Å². The van der Waals surface area contributed by atoms with Gasteiger partial charge in [-0.2, -0.15) is 0 Å². The highest BCUT2D eigenvalue weighted by Gasteiger charge is 2.40. The second-order valence-corrected chi connectivity index (χ2v) is 3.88. The van der Waals surface area contributed by atoms with Crippen LogP contribution in [-0.4, -0.2) is 50.3 Å². The van der Waals surface area contributed by atoms with E-state index >= 15 is 0 Å². The number of hydrogen-bond acceptors (Lipinski definition) is 8. The van der Waals surface area contributed by atoms with E-state index in [1.54, 1.807) is 0 Å². The Labute approximate surface area is 109 Å². The summed E-state index contributed by atoms with van der Waals surface area (Å²) in [5.74, 6) is -1.07. The predicted molar refractivity (Wildman–Crippen MR) is 59.0 cm³/mol. The summed E-state index contributed by atoms with van der Waals surface area (Å²) in [6.45, 7) is 2.37. The molecule has 19 heavy (non-hydrogen) atoms. The number of ether oxygens (including phenoxy) is 5. The Bertz CT molecular complexity index is 329. The summed E-state index contributed by atoms with van der Waals surface area (Å²) in [7, 11) is 1.18. The molecule has 1 aliphatic rings. The van der Waals surface area contributed by atoms with E-state index in [1.807, 2.05) is 0 Å². The van der Waals surface area contributed by atoms with Gasteiger partial charge in [-0.15, -0.1) is 0 Å². The molecule has 108 valence electrons. The van der Waals surface area contributed by atoms with Gasteiger partial charge < -0.3 is 23.7 Å². The van der Waals surface area contributed by atoms with Crippen LogP contribution in [0.15, 0.2) is 0 Å². The Kier molecular flexibility index (Phi) is 5.56. The number of carbonyl (C=O) groups is 3. The van der Waals surface area contributed by atoms with E-state index in [0.29, 0.717) is 0 Å². The summed E-state index contributed by atoms with van der Waals surface area (Å²) >= 11 is 0. The van der Waals surface area contributed by atoms with Crippen molar-refractivity contribution in [2.45, 2.75) is 38.8 Å². The maximum Gasteiger partial charge on any atom is 0.508 e. The van der Waals surface area contributed by atoms with Crippen LogP contribution < -0.4 is 0 Å². The minimum Gasteiger partial charge on any atom is -0.456 e. The third-order valence-electron chi connectivity index (χ3n) is 2.28. The Morgan fingerprint density at radius 3 is 2.32 bits per heavy atom. The van der Waals surface area contributed by atoms with Gasteiger partial charge in [0.25, 0.3) is 0 Å². The Hall–Kier alpha value is -1.83. The first kappa shape index (κ1) is 15.2. The predicted octanol–water partition coefficient (Wildman–Crippen LogP) is 0.379. The highest BCUT2D eigenvalue weighted by Crippen LogP contribution is 2.25. The van der Waals surface area contributed by atoms with Crippen LogP contribution in [0.5, 0.6) is 0 Å². The van der Waals surface area contributed by atoms with E-state index < -0.39 is 36.6 Å². The molecule has 0 spiro atoms. The molecule has 0 aromatic heterocycles. The zero-order valence-electron chi connectivity index (χ0n) is 10.9. The van der Waals surface area contributed by atoms with Crippen molar-refractivity contribution in [2.24, 2.45) is 0 Å². The van der Waals surface area contributed by atoms with Crippen LogP contribution in [0.25, 0.3) is 0 Å². The third kappa shape index (κ3) is 5.12. The fourth-order valence-electron chi connectivity index (χ4n) is 1.61. The molecule has 1 heterocycles. The lowest BCUT2D eigenvalue weighted by Gasteiger charge is -2.17. The normalized spacial score (nSPS) is 25.5. The second-order valence-electron chi connectivity index (χ2n) is 3.88. The van der Waals surface area contributed by atoms with E-state index in [2.05, 4.69) is 4.74 Å². The van der Waals surface area contributed by atoms with E-state index in [-0.39, 0.29) is 13.0 Å². The van der Waals surface area contributed by atoms with Crippen molar-refractivity contribution in [3.05, 3.63) is 0 Å². The van der Waals surface area contributed by atoms with Crippen molar-refractivity contribution in [3.63, 3.8) is 0 Å². The van der Waals surface area contributed by atoms with E-state index in [4.69, 9.17) is 18.9 Å². The molecule has 0 aromatic carbocycles. The lowest BCUT2D eigenvalue weighted by molar-refractivity contribution is -0.195. The number of rotatable bonds is 4. The molecule has 0 radical (unpaired) electrons. The maximum atomic E-state index is 10.9. The molecule has 0 amide bonds. The van der Waals surface area contributed by atoms with Crippen LogP contribution >= 0.6 is 0 Å². The maximum absolute atomic E-state index is 10.9. The molecule has 1 aliphatic heterocycles. The van der Waals surface area contributed by atoms with Gasteiger partial charge in [-0.1, -0.05) is 0 Å². The highest BCUT2D eigenvalue weighted by molar-refractivity contribution is 5.67. The average Bonchev–Trinajstić information content (AvgIpc) is 2.66. The first-order valence-electron chi connectivity index (χ1n) is 5.63. The summed E-state index contributed by atoms with van der Waals surface area (Å²) in [6.07, 6.45) is -2.83. The minimum atomic E-state index is -0.993. The molecule has 3 atom stereocenters. The molecule has 8 heteroatoms. The second kappa shape index (κ2) is 6.93. The minimum absolute atomic E-state index is 0.0811. The zero-order chi connectivity index (χ0) is 14.4. The van der Waals surface area contributed by atoms with Crippen LogP contribution in [0, 0.1) is 0 Å². The monoisotopic (exact) mass is 276 g/mol. The van der Waals surface area contributed by atoms with Gasteiger partial charge in [-0.05, 0) is 0 Å². The molecule has 0 bridgehead atoms. The van der Waals surface area contributed by atoms with Crippen LogP contribution in [0.2, 0.25) is 0 Å². The van der Waals surface area contributed by atoms with Gasteiger partial charge in [0.1, 0.15) is 6.61 Å². The largest absolute Gasteiger partial charge is 0.508 e. The van der Waals surface area contributed by atoms with Crippen LogP contribution in [-0.2, 0) is 33.3 Å². The number of hydrogen-bond donors (Lipinski definition) is 0. The molecule has 1 unspecified atom stereocenters. The lowest BCUT2D eigenvalue weighted by Crippen LogP contribution is -2.30. The molecule has 1 saturated heterocycles. The molecule has 8 nitrogen and oxygen atoms in total. The molecule has 0 N–H and O–H groups in total. The van der Waals surface area contributed by atoms with Crippen molar-refractivity contribution >= 4 is 18.1 Å². The zero-order valence-corrected chi connectivity index (χ0v) is 10.9. The van der Waals surface area contributed by atoms with Gasteiger partial charge in [-0.25, -0.2) is 4.79 Å². The summed E-state index contributed by atoms with van der Waals surface area (Å²) in [5, 5.41) is 0. The summed E-state index contributed by atoms with van der Waals surface area (Å²) in [4.78, 5) is 32.6. The third-order valence-corrected chi connectivity index (χ3v) is 2.28. The number of methoxy groups -OCH3 is 1. The summed E-state index contributed by atoms with van der Waals surface area (Å²) < 4.78 is 24.2. The summed E-state index contributed by atoms with van der Waals surface area (Å²) in [5.41, 5.74) is 0. The van der Waals surface area contributed by atoms with Gasteiger partial charge in [0.05, 0.1) is 13.2 Å². The van der Waals surface area contributed by atoms with Crippen LogP contribution in [0.1, 0.15) is 20.3 Å². The van der Waals surface area contributed by atoms with Crippen molar-refractivity contribution in [1.29, 1.82) is 0 Å². The van der Waals surface area contributed by atoms with E-state index in [9.17, 15) is 14.4 Å². The quantitative estimate of drug-likeness (QED) is 0.537. The van der Waals surface area contributed by atoms with Crippen molar-refractivity contribution in [1.82, 2.24) is 0 Å². The molecular weight excluding hydrogens is 260 g/mol. The molecule has 0 saturated carbocycles. The van der Waals surface area contributed by atoms with E-state index in [1.165, 1.54) is 21.0 Å². The van der Waals surface area contributed by atoms with Gasteiger partial charge in [0.2, 0.25) is 6.29 Å². The Balaban J connectivity index is 2.52. The fourth-order valence-corrected chi connectivity index (χ4v) is 1.61. The Morgan fingerprint density at radius 2 is 1.79 bits per heavy atom. The molecular formula is C11H16O8. The highest BCUT2D eigenvalue weighted by atomic mass is 16.7. The van der Waals surface area contributed by atoms with Crippen LogP contribution in [0.3, 0.4) is 0 Å². The smallest absolute Gasteiger partial charge is 0.456 e. The lowest BCUT2D eigenvalue weighted by atomic mass is 10.2. The molecule has 1 rings (SSSR count). The van der Waals surface area contributed by atoms with Gasteiger partial charge in [0.15, 0.2) is 6.10 Å². The van der Waals surface area contributed by atoms with Crippen molar-refractivity contribution in [2.75, 3.05) is 13.7 Å². The average molecular weight is 276 g/mol. The first-order valence-corrected chi connectivity index (χ1v) is 5.63.